The number of aliphatic hydroxyl groups is 1. The van der Waals surface area contributed by atoms with E-state index in [-0.39, 0.29) is 6.61 Å². The Morgan fingerprint density at radius 2 is 2.05 bits per heavy atom. The summed E-state index contributed by atoms with van der Waals surface area (Å²) < 4.78 is 5.55. The minimum absolute atomic E-state index is 0.260. The first kappa shape index (κ1) is 16.6. The zero-order valence-electron chi connectivity index (χ0n) is 12.8. The molecule has 0 heterocycles. The van der Waals surface area contributed by atoms with E-state index in [0.29, 0.717) is 22.7 Å². The highest BCUT2D eigenvalue weighted by Gasteiger charge is 2.31. The van der Waals surface area contributed by atoms with Crippen molar-refractivity contribution in [3.05, 3.63) is 29.3 Å². The van der Waals surface area contributed by atoms with Crippen LogP contribution in [-0.2, 0) is 0 Å². The lowest BCUT2D eigenvalue weighted by Crippen LogP contribution is -2.38. The summed E-state index contributed by atoms with van der Waals surface area (Å²) >= 11 is 6.01. The molecule has 2 N–H and O–H groups in total. The van der Waals surface area contributed by atoms with Crippen molar-refractivity contribution >= 4 is 11.6 Å². The van der Waals surface area contributed by atoms with Crippen molar-refractivity contribution < 1.29 is 9.84 Å². The molecule has 0 saturated heterocycles. The summed E-state index contributed by atoms with van der Waals surface area (Å²) in [5.41, 5.74) is 0.448. The highest BCUT2D eigenvalue weighted by Crippen LogP contribution is 2.40. The summed E-state index contributed by atoms with van der Waals surface area (Å²) in [6, 6.07) is 7.33. The van der Waals surface area contributed by atoms with Crippen molar-refractivity contribution in [3.63, 3.8) is 0 Å². The van der Waals surface area contributed by atoms with Gasteiger partial charge in [0.1, 0.15) is 18.5 Å². The molecule has 1 fully saturated rings. The van der Waals surface area contributed by atoms with Gasteiger partial charge in [0.05, 0.1) is 5.02 Å². The molecule has 0 aliphatic heterocycles. The van der Waals surface area contributed by atoms with Crippen LogP contribution in [0.3, 0.4) is 0 Å². The maximum Gasteiger partial charge on any atom is 0.138 e. The third kappa shape index (κ3) is 4.87. The molecule has 0 aromatic heterocycles. The number of hydrogen-bond acceptors (Lipinski definition) is 3. The Balaban J connectivity index is 1.68. The van der Waals surface area contributed by atoms with Crippen LogP contribution in [0.25, 0.3) is 0 Å². The lowest BCUT2D eigenvalue weighted by molar-refractivity contribution is 0.102. The predicted octanol–water partition coefficient (Wildman–Crippen LogP) is 3.64. The maximum absolute atomic E-state index is 10.0. The number of rotatable bonds is 8. The largest absolute Gasteiger partial charge is 0.489 e. The summed E-state index contributed by atoms with van der Waals surface area (Å²) in [5.74, 6) is 0.624. The maximum atomic E-state index is 10.0. The Labute approximate surface area is 132 Å². The van der Waals surface area contributed by atoms with Crippen LogP contribution in [0.2, 0.25) is 5.02 Å². The van der Waals surface area contributed by atoms with E-state index in [1.54, 1.807) is 6.07 Å². The van der Waals surface area contributed by atoms with Crippen LogP contribution in [0, 0.1) is 5.41 Å². The van der Waals surface area contributed by atoms with Crippen molar-refractivity contribution in [2.75, 3.05) is 19.7 Å². The second-order valence-corrected chi connectivity index (χ2v) is 6.49. The van der Waals surface area contributed by atoms with Crippen molar-refractivity contribution in [2.45, 2.75) is 45.1 Å². The van der Waals surface area contributed by atoms with Crippen molar-refractivity contribution in [1.82, 2.24) is 5.32 Å². The first-order valence-corrected chi connectivity index (χ1v) is 8.29. The topological polar surface area (TPSA) is 41.5 Å². The van der Waals surface area contributed by atoms with Crippen LogP contribution in [-0.4, -0.2) is 30.9 Å². The van der Waals surface area contributed by atoms with Crippen LogP contribution >= 0.6 is 11.6 Å². The van der Waals surface area contributed by atoms with Crippen molar-refractivity contribution in [1.29, 1.82) is 0 Å². The Bertz CT molecular complexity index is 433. The summed E-state index contributed by atoms with van der Waals surface area (Å²) in [6.45, 7) is 4.08. The molecule has 1 unspecified atom stereocenters. The van der Waals surface area contributed by atoms with Gasteiger partial charge in [-0.3, -0.25) is 0 Å². The van der Waals surface area contributed by atoms with Crippen LogP contribution < -0.4 is 10.1 Å². The quantitative estimate of drug-likeness (QED) is 0.770. The molecule has 1 atom stereocenters. The van der Waals surface area contributed by atoms with E-state index in [1.165, 1.54) is 32.1 Å². The zero-order chi connectivity index (χ0) is 15.1. The fourth-order valence-corrected chi connectivity index (χ4v) is 3.28. The van der Waals surface area contributed by atoms with E-state index in [9.17, 15) is 5.11 Å². The molecule has 0 spiro atoms. The number of nitrogens with one attached hydrogen (secondary N) is 1. The highest BCUT2D eigenvalue weighted by atomic mass is 35.5. The smallest absolute Gasteiger partial charge is 0.138 e. The molecule has 3 nitrogen and oxygen atoms in total. The molecule has 0 bridgehead atoms. The second-order valence-electron chi connectivity index (χ2n) is 6.09. The Kier molecular flexibility index (Phi) is 6.34. The SMILES string of the molecule is CCC1(CNCC(O)COc2ccccc2Cl)CCCC1. The van der Waals surface area contributed by atoms with E-state index >= 15 is 0 Å². The van der Waals surface area contributed by atoms with Gasteiger partial charge in [-0.15, -0.1) is 0 Å². The van der Waals surface area contributed by atoms with E-state index in [2.05, 4.69) is 12.2 Å². The Morgan fingerprint density at radius 3 is 2.71 bits per heavy atom. The van der Waals surface area contributed by atoms with Gasteiger partial charge in [0.2, 0.25) is 0 Å². The Hall–Kier alpha value is -0.770. The van der Waals surface area contributed by atoms with Gasteiger partial charge in [-0.05, 0) is 36.8 Å². The molecule has 21 heavy (non-hydrogen) atoms. The monoisotopic (exact) mass is 311 g/mol. The average molecular weight is 312 g/mol. The molecule has 4 heteroatoms. The number of hydrogen-bond donors (Lipinski definition) is 2. The van der Waals surface area contributed by atoms with Gasteiger partial charge in [-0.2, -0.15) is 0 Å². The first-order valence-electron chi connectivity index (χ1n) is 7.91. The molecule has 1 saturated carbocycles. The van der Waals surface area contributed by atoms with Crippen LogP contribution in [0.15, 0.2) is 24.3 Å². The Morgan fingerprint density at radius 1 is 1.33 bits per heavy atom. The fourth-order valence-electron chi connectivity index (χ4n) is 3.09. The molecule has 2 rings (SSSR count). The molecular weight excluding hydrogens is 286 g/mol. The number of para-hydroxylation sites is 1. The van der Waals surface area contributed by atoms with Crippen molar-refractivity contribution in [2.24, 2.45) is 5.41 Å². The lowest BCUT2D eigenvalue weighted by atomic mass is 9.83. The number of benzene rings is 1. The van der Waals surface area contributed by atoms with Gasteiger partial charge in [-0.25, -0.2) is 0 Å². The van der Waals surface area contributed by atoms with Crippen LogP contribution in [0.4, 0.5) is 0 Å². The van der Waals surface area contributed by atoms with Crippen LogP contribution in [0.5, 0.6) is 5.75 Å². The van der Waals surface area contributed by atoms with Gasteiger partial charge in [-0.1, -0.05) is 43.5 Å². The number of halogens is 1. The zero-order valence-corrected chi connectivity index (χ0v) is 13.5. The molecule has 1 aliphatic carbocycles. The summed E-state index contributed by atoms with van der Waals surface area (Å²) in [7, 11) is 0. The van der Waals surface area contributed by atoms with Gasteiger partial charge >= 0.3 is 0 Å². The van der Waals surface area contributed by atoms with Gasteiger partial charge in [0.25, 0.3) is 0 Å². The second kappa shape index (κ2) is 8.02. The standard InChI is InChI=1S/C17H26ClNO2/c1-2-17(9-5-6-10-17)13-19-11-14(20)12-21-16-8-4-3-7-15(16)18/h3-4,7-8,14,19-20H,2,5-6,9-13H2,1H3. The highest BCUT2D eigenvalue weighted by molar-refractivity contribution is 6.32. The van der Waals surface area contributed by atoms with Crippen LogP contribution in [0.1, 0.15) is 39.0 Å². The molecule has 1 aromatic rings. The first-order chi connectivity index (χ1) is 10.2. The summed E-state index contributed by atoms with van der Waals surface area (Å²) in [5, 5.41) is 14.0. The molecule has 1 aromatic carbocycles. The van der Waals surface area contributed by atoms with E-state index in [1.807, 2.05) is 18.2 Å². The summed E-state index contributed by atoms with van der Waals surface area (Å²) in [6.07, 6.45) is 6.00. The fraction of sp³-hybridized carbons (Fsp3) is 0.647. The predicted molar refractivity (Wildman–Crippen MR) is 87.0 cm³/mol. The van der Waals surface area contributed by atoms with E-state index in [4.69, 9.17) is 16.3 Å². The molecule has 1 aliphatic rings. The number of aliphatic hydroxyl groups excluding tert-OH is 1. The average Bonchev–Trinajstić information content (AvgIpc) is 2.96. The molecular formula is C17H26ClNO2. The summed E-state index contributed by atoms with van der Waals surface area (Å²) in [4.78, 5) is 0. The minimum atomic E-state index is -0.517. The van der Waals surface area contributed by atoms with E-state index < -0.39 is 6.10 Å². The molecule has 0 radical (unpaired) electrons. The normalized spacial score (nSPS) is 18.6. The third-order valence-electron chi connectivity index (χ3n) is 4.56. The molecule has 0 amide bonds. The lowest BCUT2D eigenvalue weighted by Gasteiger charge is -2.28. The minimum Gasteiger partial charge on any atom is -0.489 e. The molecule has 118 valence electrons. The van der Waals surface area contributed by atoms with E-state index in [0.717, 1.165) is 6.54 Å². The van der Waals surface area contributed by atoms with Crippen molar-refractivity contribution in [3.8, 4) is 5.75 Å². The van der Waals surface area contributed by atoms with Gasteiger partial charge < -0.3 is 15.2 Å². The van der Waals surface area contributed by atoms with Gasteiger partial charge in [0.15, 0.2) is 0 Å². The number of ether oxygens (including phenoxy) is 1. The third-order valence-corrected chi connectivity index (χ3v) is 4.87. The van der Waals surface area contributed by atoms with Gasteiger partial charge in [0, 0.05) is 13.1 Å².